The van der Waals surface area contributed by atoms with Gasteiger partial charge in [0, 0.05) is 19.1 Å². The number of hydrogen-bond acceptors (Lipinski definition) is 2. The normalized spacial score (nSPS) is 14.7. The summed E-state index contributed by atoms with van der Waals surface area (Å²) >= 11 is 0. The van der Waals surface area contributed by atoms with Gasteiger partial charge in [0.1, 0.15) is 5.82 Å². The van der Waals surface area contributed by atoms with Crippen molar-refractivity contribution in [1.29, 1.82) is 0 Å². The maximum Gasteiger partial charge on any atom is 0.146 e. The first kappa shape index (κ1) is 15.0. The average molecular weight is 252 g/mol. The molecule has 2 N–H and O–H groups in total. The van der Waals surface area contributed by atoms with E-state index in [4.69, 9.17) is 5.73 Å². The molecular formula is C15H25FN2. The molecule has 0 radical (unpaired) electrons. The van der Waals surface area contributed by atoms with Crippen molar-refractivity contribution in [3.8, 4) is 0 Å². The minimum atomic E-state index is -0.192. The second kappa shape index (κ2) is 6.19. The van der Waals surface area contributed by atoms with Crippen LogP contribution in [0.5, 0.6) is 0 Å². The van der Waals surface area contributed by atoms with Crippen molar-refractivity contribution in [2.24, 2.45) is 11.7 Å². The molecule has 0 heterocycles. The lowest BCUT2D eigenvalue weighted by Gasteiger charge is -2.31. The lowest BCUT2D eigenvalue weighted by Crippen LogP contribution is -2.32. The van der Waals surface area contributed by atoms with E-state index in [1.165, 1.54) is 6.07 Å². The molecular weight excluding hydrogens is 227 g/mol. The molecule has 102 valence electrons. The van der Waals surface area contributed by atoms with Gasteiger partial charge >= 0.3 is 0 Å². The Balaban J connectivity index is 3.07. The number of nitrogens with two attached hydrogens (primary N) is 1. The first-order valence-electron chi connectivity index (χ1n) is 6.61. The van der Waals surface area contributed by atoms with Crippen molar-refractivity contribution in [2.45, 2.75) is 46.2 Å². The van der Waals surface area contributed by atoms with E-state index in [0.717, 1.165) is 12.0 Å². The van der Waals surface area contributed by atoms with Gasteiger partial charge in [-0.05, 0) is 37.8 Å². The summed E-state index contributed by atoms with van der Waals surface area (Å²) in [7, 11) is 1.94. The summed E-state index contributed by atoms with van der Waals surface area (Å²) in [6.45, 7) is 8.37. The van der Waals surface area contributed by atoms with Crippen LogP contribution in [-0.2, 0) is 0 Å². The summed E-state index contributed by atoms with van der Waals surface area (Å²) in [6, 6.07) is 5.25. The zero-order chi connectivity index (χ0) is 13.9. The van der Waals surface area contributed by atoms with E-state index >= 15 is 0 Å². The third kappa shape index (κ3) is 3.45. The third-order valence-electron chi connectivity index (χ3n) is 3.33. The van der Waals surface area contributed by atoms with Crippen LogP contribution >= 0.6 is 0 Å². The summed E-state index contributed by atoms with van der Waals surface area (Å²) in [5.74, 6) is 0.399. The topological polar surface area (TPSA) is 29.3 Å². The standard InChI is InChI=1S/C15H25FN2/c1-10(2)9-11(3)18(5)15-13(12(4)17)7-6-8-14(15)16/h6-8,10-12H,9,17H2,1-5H3/t11?,12-/m0/s1. The number of nitrogens with zero attached hydrogens (tertiary/aromatic N) is 1. The van der Waals surface area contributed by atoms with Crippen LogP contribution in [0, 0.1) is 11.7 Å². The van der Waals surface area contributed by atoms with Crippen molar-refractivity contribution in [3.05, 3.63) is 29.6 Å². The van der Waals surface area contributed by atoms with Crippen molar-refractivity contribution < 1.29 is 4.39 Å². The molecule has 0 amide bonds. The van der Waals surface area contributed by atoms with Gasteiger partial charge in [-0.1, -0.05) is 26.0 Å². The number of hydrogen-bond donors (Lipinski definition) is 1. The molecule has 1 unspecified atom stereocenters. The predicted molar refractivity (Wildman–Crippen MR) is 76.3 cm³/mol. The minimum Gasteiger partial charge on any atom is -0.369 e. The molecule has 1 aromatic carbocycles. The van der Waals surface area contributed by atoms with Gasteiger partial charge < -0.3 is 10.6 Å². The smallest absolute Gasteiger partial charge is 0.146 e. The van der Waals surface area contributed by atoms with Crippen LogP contribution in [-0.4, -0.2) is 13.1 Å². The largest absolute Gasteiger partial charge is 0.369 e. The summed E-state index contributed by atoms with van der Waals surface area (Å²) in [5.41, 5.74) is 7.44. The molecule has 0 spiro atoms. The number of para-hydroxylation sites is 1. The molecule has 0 saturated heterocycles. The Morgan fingerprint density at radius 3 is 2.33 bits per heavy atom. The van der Waals surface area contributed by atoms with Crippen LogP contribution in [0.25, 0.3) is 0 Å². The SMILES string of the molecule is CC(C)CC(C)N(C)c1c(F)cccc1[C@H](C)N. The van der Waals surface area contributed by atoms with E-state index in [9.17, 15) is 4.39 Å². The Morgan fingerprint density at radius 1 is 1.22 bits per heavy atom. The quantitative estimate of drug-likeness (QED) is 0.865. The molecule has 2 nitrogen and oxygen atoms in total. The van der Waals surface area contributed by atoms with Gasteiger partial charge in [-0.2, -0.15) is 0 Å². The average Bonchev–Trinajstić information content (AvgIpc) is 2.26. The minimum absolute atomic E-state index is 0.163. The molecule has 0 aromatic heterocycles. The molecule has 2 atom stereocenters. The molecule has 1 rings (SSSR count). The van der Waals surface area contributed by atoms with Crippen LogP contribution in [0.4, 0.5) is 10.1 Å². The van der Waals surface area contributed by atoms with Gasteiger partial charge in [0.05, 0.1) is 5.69 Å². The van der Waals surface area contributed by atoms with Crippen molar-refractivity contribution in [1.82, 2.24) is 0 Å². The molecule has 0 fully saturated rings. The Bertz CT molecular complexity index is 388. The van der Waals surface area contributed by atoms with Crippen molar-refractivity contribution in [3.63, 3.8) is 0 Å². The molecule has 0 aliphatic rings. The number of rotatable bonds is 5. The fourth-order valence-electron chi connectivity index (χ4n) is 2.33. The molecule has 0 aliphatic carbocycles. The van der Waals surface area contributed by atoms with Crippen LogP contribution in [0.2, 0.25) is 0 Å². The molecule has 18 heavy (non-hydrogen) atoms. The lowest BCUT2D eigenvalue weighted by molar-refractivity contribution is 0.496. The van der Waals surface area contributed by atoms with Gasteiger partial charge in [-0.25, -0.2) is 4.39 Å². The van der Waals surface area contributed by atoms with E-state index in [1.54, 1.807) is 6.07 Å². The van der Waals surface area contributed by atoms with Crippen LogP contribution in [0.3, 0.4) is 0 Å². The lowest BCUT2D eigenvalue weighted by atomic mass is 10.0. The second-order valence-corrected chi connectivity index (χ2v) is 5.56. The third-order valence-corrected chi connectivity index (χ3v) is 3.33. The van der Waals surface area contributed by atoms with E-state index < -0.39 is 0 Å². The summed E-state index contributed by atoms with van der Waals surface area (Å²) in [6.07, 6.45) is 1.03. The first-order chi connectivity index (χ1) is 8.34. The number of halogens is 1. The van der Waals surface area contributed by atoms with Crippen LogP contribution in [0.15, 0.2) is 18.2 Å². The highest BCUT2D eigenvalue weighted by molar-refractivity contribution is 5.56. The molecule has 0 bridgehead atoms. The van der Waals surface area contributed by atoms with Crippen molar-refractivity contribution >= 4 is 5.69 Å². The van der Waals surface area contributed by atoms with E-state index in [1.807, 2.05) is 24.9 Å². The van der Waals surface area contributed by atoms with Crippen LogP contribution < -0.4 is 10.6 Å². The summed E-state index contributed by atoms with van der Waals surface area (Å²) < 4.78 is 14.1. The monoisotopic (exact) mass is 252 g/mol. The van der Waals surface area contributed by atoms with E-state index in [0.29, 0.717) is 17.6 Å². The summed E-state index contributed by atoms with van der Waals surface area (Å²) in [4.78, 5) is 2.01. The highest BCUT2D eigenvalue weighted by atomic mass is 19.1. The molecule has 3 heteroatoms. The van der Waals surface area contributed by atoms with Crippen molar-refractivity contribution in [2.75, 3.05) is 11.9 Å². The zero-order valence-corrected chi connectivity index (χ0v) is 12.1. The maximum atomic E-state index is 14.1. The highest BCUT2D eigenvalue weighted by Crippen LogP contribution is 2.30. The fourth-order valence-corrected chi connectivity index (χ4v) is 2.33. The maximum absolute atomic E-state index is 14.1. The first-order valence-corrected chi connectivity index (χ1v) is 6.61. The number of anilines is 1. The van der Waals surface area contributed by atoms with E-state index in [-0.39, 0.29) is 11.9 Å². The van der Waals surface area contributed by atoms with Gasteiger partial charge in [-0.3, -0.25) is 0 Å². The van der Waals surface area contributed by atoms with Crippen LogP contribution in [0.1, 0.15) is 45.7 Å². The Morgan fingerprint density at radius 2 is 1.83 bits per heavy atom. The Kier molecular flexibility index (Phi) is 5.15. The van der Waals surface area contributed by atoms with Gasteiger partial charge in [0.15, 0.2) is 0 Å². The van der Waals surface area contributed by atoms with Gasteiger partial charge in [0.2, 0.25) is 0 Å². The van der Waals surface area contributed by atoms with Gasteiger partial charge in [-0.15, -0.1) is 0 Å². The number of benzene rings is 1. The molecule has 0 saturated carbocycles. The van der Waals surface area contributed by atoms with Gasteiger partial charge in [0.25, 0.3) is 0 Å². The van der Waals surface area contributed by atoms with E-state index in [2.05, 4.69) is 20.8 Å². The molecule has 0 aliphatic heterocycles. The second-order valence-electron chi connectivity index (χ2n) is 5.56. The zero-order valence-electron chi connectivity index (χ0n) is 12.1. The predicted octanol–water partition coefficient (Wildman–Crippen LogP) is 3.72. The Labute approximate surface area is 110 Å². The molecule has 1 aromatic rings. The fraction of sp³-hybridized carbons (Fsp3) is 0.600. The summed E-state index contributed by atoms with van der Waals surface area (Å²) in [5, 5.41) is 0. The Hall–Kier alpha value is -1.09. The highest BCUT2D eigenvalue weighted by Gasteiger charge is 2.19.